The second kappa shape index (κ2) is 6.44. The second-order valence-electron chi connectivity index (χ2n) is 3.48. The lowest BCUT2D eigenvalue weighted by molar-refractivity contribution is 0.0696. The van der Waals surface area contributed by atoms with Gasteiger partial charge in [0.25, 0.3) is 0 Å². The van der Waals surface area contributed by atoms with Gasteiger partial charge in [-0.15, -0.1) is 0 Å². The SMILES string of the molecule is CCS(=O)CCNc1c(F)cc(C(=O)O)cc1F. The first-order chi connectivity index (χ1) is 8.45. The first-order valence-corrected chi connectivity index (χ1v) is 6.75. The van der Waals surface area contributed by atoms with E-state index in [9.17, 15) is 17.8 Å². The molecule has 2 N–H and O–H groups in total. The van der Waals surface area contributed by atoms with Crippen molar-refractivity contribution in [2.45, 2.75) is 6.92 Å². The third-order valence-corrected chi connectivity index (χ3v) is 3.55. The fraction of sp³-hybridized carbons (Fsp3) is 0.364. The van der Waals surface area contributed by atoms with E-state index in [2.05, 4.69) is 5.32 Å². The average Bonchev–Trinajstić information content (AvgIpc) is 2.31. The number of carboxylic acid groups (broad SMARTS) is 1. The summed E-state index contributed by atoms with van der Waals surface area (Å²) in [5, 5.41) is 11.1. The number of halogens is 2. The number of aromatic carboxylic acids is 1. The number of anilines is 1. The van der Waals surface area contributed by atoms with Gasteiger partial charge in [-0.3, -0.25) is 4.21 Å². The zero-order valence-electron chi connectivity index (χ0n) is 9.70. The Hall–Kier alpha value is -1.50. The maximum Gasteiger partial charge on any atom is 0.335 e. The Bertz CT molecular complexity index is 456. The highest BCUT2D eigenvalue weighted by Gasteiger charge is 2.14. The van der Waals surface area contributed by atoms with Crippen LogP contribution in [0.1, 0.15) is 17.3 Å². The molecule has 0 heterocycles. The lowest BCUT2D eigenvalue weighted by atomic mass is 10.2. The number of nitrogens with one attached hydrogen (secondary N) is 1. The number of carbonyl (C=O) groups is 1. The largest absolute Gasteiger partial charge is 0.478 e. The molecule has 0 bridgehead atoms. The molecular formula is C11H13F2NO3S. The van der Waals surface area contributed by atoms with Crippen LogP contribution >= 0.6 is 0 Å². The Labute approximate surface area is 105 Å². The molecule has 0 spiro atoms. The maximum atomic E-state index is 13.4. The number of hydrogen-bond acceptors (Lipinski definition) is 3. The molecule has 7 heteroatoms. The Morgan fingerprint density at radius 3 is 2.39 bits per heavy atom. The summed E-state index contributed by atoms with van der Waals surface area (Å²) >= 11 is 0. The molecular weight excluding hydrogens is 264 g/mol. The first kappa shape index (κ1) is 14.6. The fourth-order valence-corrected chi connectivity index (χ4v) is 1.92. The van der Waals surface area contributed by atoms with Crippen molar-refractivity contribution in [3.63, 3.8) is 0 Å². The van der Waals surface area contributed by atoms with E-state index in [1.165, 1.54) is 0 Å². The third kappa shape index (κ3) is 3.76. The number of hydrogen-bond donors (Lipinski definition) is 2. The van der Waals surface area contributed by atoms with E-state index in [1.54, 1.807) is 6.92 Å². The molecule has 0 saturated heterocycles. The van der Waals surface area contributed by atoms with Gasteiger partial charge in [-0.05, 0) is 12.1 Å². The number of benzene rings is 1. The van der Waals surface area contributed by atoms with Crippen LogP contribution < -0.4 is 5.32 Å². The van der Waals surface area contributed by atoms with Crippen molar-refractivity contribution in [1.82, 2.24) is 0 Å². The van der Waals surface area contributed by atoms with Crippen LogP contribution in [0.3, 0.4) is 0 Å². The summed E-state index contributed by atoms with van der Waals surface area (Å²) in [7, 11) is -1.03. The summed E-state index contributed by atoms with van der Waals surface area (Å²) < 4.78 is 38.0. The molecule has 1 unspecified atom stereocenters. The van der Waals surface area contributed by atoms with Gasteiger partial charge in [0.2, 0.25) is 0 Å². The second-order valence-corrected chi connectivity index (χ2v) is 5.34. The predicted octanol–water partition coefficient (Wildman–Crippen LogP) is 1.84. The third-order valence-electron chi connectivity index (χ3n) is 2.24. The lowest BCUT2D eigenvalue weighted by Gasteiger charge is -2.09. The van der Waals surface area contributed by atoms with Crippen molar-refractivity contribution in [2.24, 2.45) is 0 Å². The molecule has 0 aliphatic carbocycles. The van der Waals surface area contributed by atoms with E-state index in [1.807, 2.05) is 0 Å². The Morgan fingerprint density at radius 1 is 1.39 bits per heavy atom. The highest BCUT2D eigenvalue weighted by atomic mass is 32.2. The van der Waals surface area contributed by atoms with Gasteiger partial charge >= 0.3 is 5.97 Å². The van der Waals surface area contributed by atoms with Crippen molar-refractivity contribution in [3.05, 3.63) is 29.3 Å². The van der Waals surface area contributed by atoms with Crippen LogP contribution in [-0.2, 0) is 10.8 Å². The van der Waals surface area contributed by atoms with E-state index in [-0.39, 0.29) is 12.3 Å². The summed E-state index contributed by atoms with van der Waals surface area (Å²) in [4.78, 5) is 10.6. The predicted molar refractivity (Wildman–Crippen MR) is 65.4 cm³/mol. The molecule has 0 radical (unpaired) electrons. The summed E-state index contributed by atoms with van der Waals surface area (Å²) in [5.74, 6) is -2.60. The minimum absolute atomic E-state index is 0.153. The molecule has 0 aromatic heterocycles. The van der Waals surface area contributed by atoms with Crippen molar-refractivity contribution in [1.29, 1.82) is 0 Å². The molecule has 4 nitrogen and oxygen atoms in total. The van der Waals surface area contributed by atoms with Crippen molar-refractivity contribution in [2.75, 3.05) is 23.4 Å². The van der Waals surface area contributed by atoms with Crippen molar-refractivity contribution >= 4 is 22.5 Å². The van der Waals surface area contributed by atoms with E-state index in [0.717, 1.165) is 12.1 Å². The average molecular weight is 277 g/mol. The Kier molecular flexibility index (Phi) is 5.21. The molecule has 1 atom stereocenters. The van der Waals surface area contributed by atoms with Crippen LogP contribution in [0.15, 0.2) is 12.1 Å². The van der Waals surface area contributed by atoms with Crippen LogP contribution in [-0.4, -0.2) is 33.3 Å². The molecule has 100 valence electrons. The molecule has 0 amide bonds. The van der Waals surface area contributed by atoms with E-state index < -0.39 is 39.7 Å². The monoisotopic (exact) mass is 277 g/mol. The molecule has 0 fully saturated rings. The molecule has 1 aromatic rings. The van der Waals surface area contributed by atoms with Gasteiger partial charge in [-0.25, -0.2) is 13.6 Å². The van der Waals surface area contributed by atoms with Gasteiger partial charge in [0.1, 0.15) is 17.3 Å². The van der Waals surface area contributed by atoms with Crippen LogP contribution in [0, 0.1) is 11.6 Å². The number of rotatable bonds is 6. The quantitative estimate of drug-likeness (QED) is 0.832. The molecule has 18 heavy (non-hydrogen) atoms. The normalized spacial score (nSPS) is 12.2. The topological polar surface area (TPSA) is 66.4 Å². The molecule has 0 saturated carbocycles. The van der Waals surface area contributed by atoms with E-state index in [0.29, 0.717) is 5.75 Å². The summed E-state index contributed by atoms with van der Waals surface area (Å²) in [6, 6.07) is 1.48. The molecule has 0 aliphatic rings. The molecule has 1 rings (SSSR count). The maximum absolute atomic E-state index is 13.4. The van der Waals surface area contributed by atoms with Crippen LogP contribution in [0.25, 0.3) is 0 Å². The van der Waals surface area contributed by atoms with Gasteiger partial charge in [-0.1, -0.05) is 6.92 Å². The molecule has 1 aromatic carbocycles. The van der Waals surface area contributed by atoms with Crippen molar-refractivity contribution < 1.29 is 22.9 Å². The fourth-order valence-electron chi connectivity index (χ4n) is 1.30. The summed E-state index contributed by atoms with van der Waals surface area (Å²) in [5.41, 5.74) is -0.846. The molecule has 0 aliphatic heterocycles. The van der Waals surface area contributed by atoms with Crippen LogP contribution in [0.2, 0.25) is 0 Å². The minimum Gasteiger partial charge on any atom is -0.478 e. The highest BCUT2D eigenvalue weighted by Crippen LogP contribution is 2.20. The van der Waals surface area contributed by atoms with Crippen molar-refractivity contribution in [3.8, 4) is 0 Å². The van der Waals surface area contributed by atoms with E-state index >= 15 is 0 Å². The summed E-state index contributed by atoms with van der Waals surface area (Å²) in [6.45, 7) is 1.90. The zero-order chi connectivity index (χ0) is 13.7. The van der Waals surface area contributed by atoms with Gasteiger partial charge in [-0.2, -0.15) is 0 Å². The summed E-state index contributed by atoms with van der Waals surface area (Å²) in [6.07, 6.45) is 0. The minimum atomic E-state index is -1.40. The van der Waals surface area contributed by atoms with Gasteiger partial charge in [0.15, 0.2) is 0 Å². The lowest BCUT2D eigenvalue weighted by Crippen LogP contribution is -2.14. The first-order valence-electron chi connectivity index (χ1n) is 5.27. The number of carboxylic acids is 1. The van der Waals surface area contributed by atoms with Gasteiger partial charge in [0, 0.05) is 28.9 Å². The Morgan fingerprint density at radius 2 is 1.94 bits per heavy atom. The van der Waals surface area contributed by atoms with Gasteiger partial charge in [0.05, 0.1) is 5.56 Å². The zero-order valence-corrected chi connectivity index (χ0v) is 10.5. The van der Waals surface area contributed by atoms with Gasteiger partial charge < -0.3 is 10.4 Å². The smallest absolute Gasteiger partial charge is 0.335 e. The Balaban J connectivity index is 2.78. The standard InChI is InChI=1S/C11H13F2NO3S/c1-2-18(17)4-3-14-10-8(12)5-7(11(15)16)6-9(10)13/h5-6,14H,2-4H2,1H3,(H,15,16). The van der Waals surface area contributed by atoms with Crippen LogP contribution in [0.5, 0.6) is 0 Å². The van der Waals surface area contributed by atoms with E-state index in [4.69, 9.17) is 5.11 Å². The van der Waals surface area contributed by atoms with Crippen LogP contribution in [0.4, 0.5) is 14.5 Å². The highest BCUT2D eigenvalue weighted by molar-refractivity contribution is 7.84.